The number of hydrogen-bond acceptors (Lipinski definition) is 4. The van der Waals surface area contributed by atoms with E-state index < -0.39 is 23.3 Å². The van der Waals surface area contributed by atoms with Gasteiger partial charge in [0, 0.05) is 17.1 Å². The fourth-order valence-electron chi connectivity index (χ4n) is 2.91. The summed E-state index contributed by atoms with van der Waals surface area (Å²) in [5, 5.41) is 3.30. The van der Waals surface area contributed by atoms with Crippen LogP contribution in [-0.4, -0.2) is 11.7 Å². The molecule has 5 nitrogen and oxygen atoms in total. The smallest absolute Gasteiger partial charge is 0.336 e. The van der Waals surface area contributed by atoms with Gasteiger partial charge in [-0.05, 0) is 61.7 Å². The molecule has 6 heteroatoms. The molecule has 1 atom stereocenters. The molecule has 1 N–H and O–H groups in total. The molecule has 1 amide bonds. The minimum Gasteiger partial charge on any atom is -0.423 e. The fraction of sp³-hybridized carbons (Fsp3) is 0.190. The molecule has 3 rings (SSSR count). The summed E-state index contributed by atoms with van der Waals surface area (Å²) in [4.78, 5) is 36.6. The van der Waals surface area contributed by atoms with Crippen LogP contribution in [-0.2, 0) is 16.0 Å². The van der Waals surface area contributed by atoms with Gasteiger partial charge in [-0.25, -0.2) is 9.18 Å². The van der Waals surface area contributed by atoms with Gasteiger partial charge in [0.25, 0.3) is 0 Å². The normalized spacial score (nSPS) is 12.0. The zero-order valence-electron chi connectivity index (χ0n) is 14.9. The van der Waals surface area contributed by atoms with Crippen LogP contribution in [0.5, 0.6) is 0 Å². The van der Waals surface area contributed by atoms with E-state index in [9.17, 15) is 18.8 Å². The number of halogens is 1. The average molecular weight is 367 g/mol. The van der Waals surface area contributed by atoms with E-state index >= 15 is 0 Å². The molecule has 0 spiro atoms. The number of amides is 1. The number of anilines is 1. The van der Waals surface area contributed by atoms with Gasteiger partial charge in [0.2, 0.25) is 5.91 Å². The summed E-state index contributed by atoms with van der Waals surface area (Å²) in [6.45, 7) is 3.20. The largest absolute Gasteiger partial charge is 0.423 e. The summed E-state index contributed by atoms with van der Waals surface area (Å²) in [7, 11) is 0. The van der Waals surface area contributed by atoms with Crippen LogP contribution in [0.15, 0.2) is 57.7 Å². The summed E-state index contributed by atoms with van der Waals surface area (Å²) in [6, 6.07) is 12.0. The first kappa shape index (κ1) is 18.5. The molecule has 0 aliphatic rings. The highest BCUT2D eigenvalue weighted by Crippen LogP contribution is 2.22. The zero-order chi connectivity index (χ0) is 19.6. The number of carbonyl (C=O) groups is 2. The number of rotatable bonds is 5. The third kappa shape index (κ3) is 4.28. The Hall–Kier alpha value is -3.28. The van der Waals surface area contributed by atoms with Gasteiger partial charge in [0.05, 0.1) is 0 Å². The van der Waals surface area contributed by atoms with E-state index in [2.05, 4.69) is 5.32 Å². The number of nitrogens with one attached hydrogen (secondary N) is 1. The molecule has 0 aliphatic heterocycles. The Morgan fingerprint density at radius 3 is 2.48 bits per heavy atom. The predicted molar refractivity (Wildman–Crippen MR) is 100 cm³/mol. The van der Waals surface area contributed by atoms with Crippen molar-refractivity contribution in [1.29, 1.82) is 0 Å². The topological polar surface area (TPSA) is 76.4 Å². The van der Waals surface area contributed by atoms with Gasteiger partial charge < -0.3 is 9.73 Å². The van der Waals surface area contributed by atoms with Gasteiger partial charge in [-0.1, -0.05) is 12.1 Å². The standard InChI is InChI=1S/C21H18FNO4/c1-12-3-8-17-14(11-20(25)27-19(17)9-12)10-18(13(2)24)21(26)23-16-6-4-15(22)5-7-16/h3-9,11,18H,10H2,1-2H3,(H,23,26). The first-order valence-electron chi connectivity index (χ1n) is 8.44. The Morgan fingerprint density at radius 1 is 1.11 bits per heavy atom. The van der Waals surface area contributed by atoms with Gasteiger partial charge in [0.1, 0.15) is 23.1 Å². The second-order valence-electron chi connectivity index (χ2n) is 6.45. The van der Waals surface area contributed by atoms with Crippen molar-refractivity contribution < 1.29 is 18.4 Å². The lowest BCUT2D eigenvalue weighted by molar-refractivity contribution is -0.129. The quantitative estimate of drug-likeness (QED) is 0.552. The molecular weight excluding hydrogens is 349 g/mol. The number of Topliss-reactive ketones (excluding diaryl/α,β-unsaturated/α-hetero) is 1. The Labute approximate surface area is 154 Å². The van der Waals surface area contributed by atoms with Crippen molar-refractivity contribution >= 4 is 28.3 Å². The highest BCUT2D eigenvalue weighted by Gasteiger charge is 2.25. The van der Waals surface area contributed by atoms with E-state index in [0.29, 0.717) is 22.2 Å². The molecular formula is C21H18FNO4. The zero-order valence-corrected chi connectivity index (χ0v) is 14.9. The average Bonchev–Trinajstić information content (AvgIpc) is 2.60. The number of aryl methyl sites for hydroxylation is 1. The van der Waals surface area contributed by atoms with E-state index in [1.54, 1.807) is 12.1 Å². The molecule has 1 aromatic heterocycles. The highest BCUT2D eigenvalue weighted by molar-refractivity contribution is 6.06. The maximum Gasteiger partial charge on any atom is 0.336 e. The van der Waals surface area contributed by atoms with E-state index in [0.717, 1.165) is 5.56 Å². The van der Waals surface area contributed by atoms with Gasteiger partial charge in [0.15, 0.2) is 0 Å². The van der Waals surface area contributed by atoms with Crippen molar-refractivity contribution in [3.8, 4) is 0 Å². The fourth-order valence-corrected chi connectivity index (χ4v) is 2.91. The molecule has 2 aromatic carbocycles. The SMILES string of the molecule is CC(=O)C(Cc1cc(=O)oc2cc(C)ccc12)C(=O)Nc1ccc(F)cc1. The van der Waals surface area contributed by atoms with Crippen molar-refractivity contribution in [3.63, 3.8) is 0 Å². The number of ketones is 1. The third-order valence-electron chi connectivity index (χ3n) is 4.33. The lowest BCUT2D eigenvalue weighted by Crippen LogP contribution is -2.30. The van der Waals surface area contributed by atoms with Crippen LogP contribution in [0.2, 0.25) is 0 Å². The molecule has 0 fully saturated rings. The summed E-state index contributed by atoms with van der Waals surface area (Å²) in [5.41, 5.74) is 1.76. The summed E-state index contributed by atoms with van der Waals surface area (Å²) in [5.74, 6) is -2.25. The molecule has 0 radical (unpaired) electrons. The van der Waals surface area contributed by atoms with Gasteiger partial charge in [-0.3, -0.25) is 9.59 Å². The van der Waals surface area contributed by atoms with Crippen LogP contribution < -0.4 is 10.9 Å². The molecule has 27 heavy (non-hydrogen) atoms. The predicted octanol–water partition coefficient (Wildman–Crippen LogP) is 3.63. The second-order valence-corrected chi connectivity index (χ2v) is 6.45. The number of fused-ring (bicyclic) bond motifs is 1. The van der Waals surface area contributed by atoms with Crippen LogP contribution >= 0.6 is 0 Å². The molecule has 0 bridgehead atoms. The Kier molecular flexibility index (Phi) is 5.16. The lowest BCUT2D eigenvalue weighted by Gasteiger charge is -2.15. The molecule has 0 saturated heterocycles. The molecule has 1 unspecified atom stereocenters. The maximum absolute atomic E-state index is 13.0. The van der Waals surface area contributed by atoms with E-state index in [4.69, 9.17) is 4.42 Å². The molecule has 1 heterocycles. The first-order chi connectivity index (χ1) is 12.8. The Morgan fingerprint density at radius 2 is 1.81 bits per heavy atom. The van der Waals surface area contributed by atoms with Crippen molar-refractivity contribution in [2.75, 3.05) is 5.32 Å². The van der Waals surface area contributed by atoms with E-state index in [-0.39, 0.29) is 12.2 Å². The number of benzene rings is 2. The van der Waals surface area contributed by atoms with Crippen molar-refractivity contribution in [3.05, 3.63) is 75.9 Å². The van der Waals surface area contributed by atoms with E-state index in [1.807, 2.05) is 13.0 Å². The van der Waals surface area contributed by atoms with Crippen LogP contribution in [0.1, 0.15) is 18.1 Å². The highest BCUT2D eigenvalue weighted by atomic mass is 19.1. The lowest BCUT2D eigenvalue weighted by atomic mass is 9.93. The summed E-state index contributed by atoms with van der Waals surface area (Å²) < 4.78 is 18.2. The maximum atomic E-state index is 13.0. The van der Waals surface area contributed by atoms with Crippen molar-refractivity contribution in [1.82, 2.24) is 0 Å². The number of carbonyl (C=O) groups excluding carboxylic acids is 2. The van der Waals surface area contributed by atoms with Crippen molar-refractivity contribution in [2.24, 2.45) is 5.92 Å². The molecule has 0 saturated carbocycles. The van der Waals surface area contributed by atoms with Gasteiger partial charge in [-0.2, -0.15) is 0 Å². The van der Waals surface area contributed by atoms with Crippen LogP contribution in [0, 0.1) is 18.7 Å². The minimum atomic E-state index is -0.985. The van der Waals surface area contributed by atoms with Crippen LogP contribution in [0.4, 0.5) is 10.1 Å². The van der Waals surface area contributed by atoms with Crippen LogP contribution in [0.3, 0.4) is 0 Å². The van der Waals surface area contributed by atoms with Gasteiger partial charge >= 0.3 is 5.63 Å². The number of hydrogen-bond donors (Lipinski definition) is 1. The molecule has 0 aliphatic carbocycles. The summed E-state index contributed by atoms with van der Waals surface area (Å²) in [6.07, 6.45) is 0.0630. The van der Waals surface area contributed by atoms with Crippen LogP contribution in [0.25, 0.3) is 11.0 Å². The Balaban J connectivity index is 1.91. The minimum absolute atomic E-state index is 0.0630. The van der Waals surface area contributed by atoms with E-state index in [1.165, 1.54) is 37.3 Å². The third-order valence-corrected chi connectivity index (χ3v) is 4.33. The second kappa shape index (κ2) is 7.53. The van der Waals surface area contributed by atoms with Crippen molar-refractivity contribution in [2.45, 2.75) is 20.3 Å². The first-order valence-corrected chi connectivity index (χ1v) is 8.44. The van der Waals surface area contributed by atoms with Gasteiger partial charge in [-0.15, -0.1) is 0 Å². The molecule has 138 valence electrons. The monoisotopic (exact) mass is 367 g/mol. The summed E-state index contributed by atoms with van der Waals surface area (Å²) >= 11 is 0. The Bertz CT molecular complexity index is 1070. The molecule has 3 aromatic rings.